The fourth-order valence-electron chi connectivity index (χ4n) is 3.03. The average molecular weight is 274 g/mol. The number of hydrogen-bond donors (Lipinski definition) is 2. The summed E-state index contributed by atoms with van der Waals surface area (Å²) in [7, 11) is 0. The minimum atomic E-state index is -0.365. The van der Waals surface area contributed by atoms with E-state index in [9.17, 15) is 4.79 Å². The summed E-state index contributed by atoms with van der Waals surface area (Å²) >= 11 is 0. The lowest BCUT2D eigenvalue weighted by molar-refractivity contribution is -0.130. The number of hydrogen-bond acceptors (Lipinski definition) is 2. The highest BCUT2D eigenvalue weighted by molar-refractivity contribution is 5.83. The topological polar surface area (TPSA) is 55.1 Å². The summed E-state index contributed by atoms with van der Waals surface area (Å²) < 4.78 is 0. The van der Waals surface area contributed by atoms with E-state index in [0.29, 0.717) is 5.92 Å². The second kappa shape index (κ2) is 6.40. The van der Waals surface area contributed by atoms with Crippen molar-refractivity contribution >= 4 is 5.91 Å². The quantitative estimate of drug-likeness (QED) is 0.867. The van der Waals surface area contributed by atoms with Crippen LogP contribution in [0.15, 0.2) is 30.3 Å². The standard InChI is InChI=1S/C17H26N2O/c1-13(14-7-4-3-5-8-14)10-12-19-16(20)17(2)11-6-9-15(17)18/h3-5,7-8,13,15H,6,9-12,18H2,1-2H3,(H,19,20). The van der Waals surface area contributed by atoms with E-state index in [2.05, 4.69) is 36.5 Å². The Morgan fingerprint density at radius 3 is 2.75 bits per heavy atom. The summed E-state index contributed by atoms with van der Waals surface area (Å²) in [6.45, 7) is 4.92. The van der Waals surface area contributed by atoms with Crippen LogP contribution in [0.25, 0.3) is 0 Å². The SMILES string of the molecule is CC(CCNC(=O)C1(C)CCCC1N)c1ccccc1. The molecule has 0 aliphatic heterocycles. The third-order valence-corrected chi connectivity index (χ3v) is 4.78. The molecule has 3 nitrogen and oxygen atoms in total. The van der Waals surface area contributed by atoms with Crippen LogP contribution in [-0.2, 0) is 4.79 Å². The van der Waals surface area contributed by atoms with Crippen LogP contribution in [0.5, 0.6) is 0 Å². The van der Waals surface area contributed by atoms with Gasteiger partial charge in [-0.25, -0.2) is 0 Å². The zero-order chi connectivity index (χ0) is 14.6. The van der Waals surface area contributed by atoms with Gasteiger partial charge in [-0.15, -0.1) is 0 Å². The number of rotatable bonds is 5. The van der Waals surface area contributed by atoms with Crippen molar-refractivity contribution in [3.8, 4) is 0 Å². The summed E-state index contributed by atoms with van der Waals surface area (Å²) in [4.78, 5) is 12.3. The van der Waals surface area contributed by atoms with Crippen LogP contribution in [0.4, 0.5) is 0 Å². The molecule has 110 valence electrons. The Balaban J connectivity index is 1.80. The first-order chi connectivity index (χ1) is 9.54. The van der Waals surface area contributed by atoms with Gasteiger partial charge in [-0.2, -0.15) is 0 Å². The van der Waals surface area contributed by atoms with Gasteiger partial charge in [-0.05, 0) is 37.7 Å². The van der Waals surface area contributed by atoms with Crippen LogP contribution < -0.4 is 11.1 Å². The number of carbonyl (C=O) groups excluding carboxylic acids is 1. The zero-order valence-electron chi connectivity index (χ0n) is 12.6. The lowest BCUT2D eigenvalue weighted by Gasteiger charge is -2.27. The second-order valence-electron chi connectivity index (χ2n) is 6.27. The van der Waals surface area contributed by atoms with Crippen molar-refractivity contribution in [2.75, 3.05) is 6.54 Å². The highest BCUT2D eigenvalue weighted by Crippen LogP contribution is 2.36. The number of benzene rings is 1. The predicted molar refractivity (Wildman–Crippen MR) is 82.4 cm³/mol. The summed E-state index contributed by atoms with van der Waals surface area (Å²) in [6.07, 6.45) is 3.89. The van der Waals surface area contributed by atoms with E-state index in [-0.39, 0.29) is 17.4 Å². The predicted octanol–water partition coefficient (Wildman–Crippen LogP) is 2.81. The molecule has 3 heteroatoms. The number of nitrogens with two attached hydrogens (primary N) is 1. The first-order valence-corrected chi connectivity index (χ1v) is 7.63. The fraction of sp³-hybridized carbons (Fsp3) is 0.588. The molecule has 0 spiro atoms. The third-order valence-electron chi connectivity index (χ3n) is 4.78. The van der Waals surface area contributed by atoms with Gasteiger partial charge in [0.05, 0.1) is 5.41 Å². The van der Waals surface area contributed by atoms with E-state index in [0.717, 1.165) is 32.2 Å². The molecule has 1 aliphatic carbocycles. The number of amides is 1. The molecule has 0 radical (unpaired) electrons. The van der Waals surface area contributed by atoms with E-state index in [1.54, 1.807) is 0 Å². The van der Waals surface area contributed by atoms with Crippen molar-refractivity contribution in [1.29, 1.82) is 0 Å². The Kier molecular flexibility index (Phi) is 4.81. The highest BCUT2D eigenvalue weighted by Gasteiger charge is 2.42. The van der Waals surface area contributed by atoms with Gasteiger partial charge < -0.3 is 11.1 Å². The van der Waals surface area contributed by atoms with E-state index in [1.807, 2.05) is 13.0 Å². The van der Waals surface area contributed by atoms with E-state index >= 15 is 0 Å². The van der Waals surface area contributed by atoms with Crippen LogP contribution in [0.2, 0.25) is 0 Å². The third kappa shape index (κ3) is 3.21. The van der Waals surface area contributed by atoms with Gasteiger partial charge in [0.1, 0.15) is 0 Å². The summed E-state index contributed by atoms with van der Waals surface area (Å²) in [5, 5.41) is 3.08. The summed E-state index contributed by atoms with van der Waals surface area (Å²) in [5.41, 5.74) is 7.04. The van der Waals surface area contributed by atoms with Gasteiger partial charge >= 0.3 is 0 Å². The van der Waals surface area contributed by atoms with Crippen LogP contribution in [0.1, 0.15) is 51.0 Å². The first kappa shape index (κ1) is 15.0. The largest absolute Gasteiger partial charge is 0.356 e. The van der Waals surface area contributed by atoms with Crippen molar-refractivity contribution < 1.29 is 4.79 Å². The smallest absolute Gasteiger partial charge is 0.227 e. The number of carbonyl (C=O) groups is 1. The molecule has 3 atom stereocenters. The molecule has 0 saturated heterocycles. The molecule has 2 rings (SSSR count). The van der Waals surface area contributed by atoms with Gasteiger partial charge in [-0.3, -0.25) is 4.79 Å². The summed E-state index contributed by atoms with van der Waals surface area (Å²) in [6, 6.07) is 10.4. The molecule has 3 N–H and O–H groups in total. The molecule has 0 heterocycles. The van der Waals surface area contributed by atoms with Crippen LogP contribution in [0.3, 0.4) is 0 Å². The molecule has 0 aromatic heterocycles. The van der Waals surface area contributed by atoms with Crippen molar-refractivity contribution in [2.24, 2.45) is 11.1 Å². The fourth-order valence-corrected chi connectivity index (χ4v) is 3.03. The van der Waals surface area contributed by atoms with Gasteiger partial charge in [0.25, 0.3) is 0 Å². The van der Waals surface area contributed by atoms with Crippen molar-refractivity contribution in [3.05, 3.63) is 35.9 Å². The molecule has 1 fully saturated rings. The molecule has 1 aromatic rings. The zero-order valence-corrected chi connectivity index (χ0v) is 12.6. The second-order valence-corrected chi connectivity index (χ2v) is 6.27. The van der Waals surface area contributed by atoms with Crippen molar-refractivity contribution in [3.63, 3.8) is 0 Å². The molecule has 3 unspecified atom stereocenters. The van der Waals surface area contributed by atoms with Gasteiger partial charge in [0.2, 0.25) is 5.91 Å². The minimum Gasteiger partial charge on any atom is -0.356 e. The minimum absolute atomic E-state index is 0.00838. The maximum Gasteiger partial charge on any atom is 0.227 e. The average Bonchev–Trinajstić information content (AvgIpc) is 2.80. The molecule has 1 aromatic carbocycles. The molecule has 0 bridgehead atoms. The van der Waals surface area contributed by atoms with Gasteiger partial charge in [0, 0.05) is 12.6 Å². The maximum absolute atomic E-state index is 12.3. The Hall–Kier alpha value is -1.35. The highest BCUT2D eigenvalue weighted by atomic mass is 16.2. The Morgan fingerprint density at radius 2 is 2.15 bits per heavy atom. The Labute approximate surface area is 121 Å². The van der Waals surface area contributed by atoms with Crippen molar-refractivity contribution in [1.82, 2.24) is 5.32 Å². The molecular formula is C17H26N2O. The molecule has 1 aliphatic rings. The molecule has 1 amide bonds. The lowest BCUT2D eigenvalue weighted by atomic mass is 9.84. The monoisotopic (exact) mass is 274 g/mol. The number of nitrogens with one attached hydrogen (secondary N) is 1. The van der Waals surface area contributed by atoms with Crippen molar-refractivity contribution in [2.45, 2.75) is 51.5 Å². The molecule has 1 saturated carbocycles. The van der Waals surface area contributed by atoms with Gasteiger partial charge in [0.15, 0.2) is 0 Å². The molecule has 20 heavy (non-hydrogen) atoms. The Bertz CT molecular complexity index is 446. The Morgan fingerprint density at radius 1 is 1.45 bits per heavy atom. The maximum atomic E-state index is 12.3. The normalized spacial score (nSPS) is 27.2. The van der Waals surface area contributed by atoms with Gasteiger partial charge in [-0.1, -0.05) is 43.7 Å². The van der Waals surface area contributed by atoms with Crippen LogP contribution in [0, 0.1) is 5.41 Å². The first-order valence-electron chi connectivity index (χ1n) is 7.63. The molecular weight excluding hydrogens is 248 g/mol. The van der Waals surface area contributed by atoms with E-state index < -0.39 is 0 Å². The summed E-state index contributed by atoms with van der Waals surface area (Å²) in [5.74, 6) is 0.587. The lowest BCUT2D eigenvalue weighted by Crippen LogP contribution is -2.47. The van der Waals surface area contributed by atoms with E-state index in [4.69, 9.17) is 5.73 Å². The van der Waals surface area contributed by atoms with E-state index in [1.165, 1.54) is 5.56 Å². The van der Waals surface area contributed by atoms with Crippen LogP contribution >= 0.6 is 0 Å². The van der Waals surface area contributed by atoms with Crippen LogP contribution in [-0.4, -0.2) is 18.5 Å².